The van der Waals surface area contributed by atoms with E-state index >= 15 is 0 Å². The van der Waals surface area contributed by atoms with Gasteiger partial charge in [0.25, 0.3) is 5.56 Å². The molecule has 0 bridgehead atoms. The van der Waals surface area contributed by atoms with Crippen molar-refractivity contribution < 1.29 is 4.79 Å². The summed E-state index contributed by atoms with van der Waals surface area (Å²) in [7, 11) is 1.71. The zero-order valence-corrected chi connectivity index (χ0v) is 14.0. The first-order valence-electron chi connectivity index (χ1n) is 8.62. The van der Waals surface area contributed by atoms with Crippen LogP contribution in [0.3, 0.4) is 0 Å². The highest BCUT2D eigenvalue weighted by Gasteiger charge is 2.26. The summed E-state index contributed by atoms with van der Waals surface area (Å²) >= 11 is 0. The number of nitrogens with zero attached hydrogens (tertiary/aromatic N) is 3. The monoisotopic (exact) mass is 318 g/mol. The lowest BCUT2D eigenvalue weighted by Crippen LogP contribution is -2.46. The predicted octanol–water partition coefficient (Wildman–Crippen LogP) is 1.67. The lowest BCUT2D eigenvalue weighted by atomic mass is 9.80. The molecule has 3 rings (SSSR count). The molecule has 1 aliphatic heterocycles. The van der Waals surface area contributed by atoms with Gasteiger partial charge < -0.3 is 14.8 Å². The molecular formula is C17H26N4O2. The predicted molar refractivity (Wildman–Crippen MR) is 88.1 cm³/mol. The van der Waals surface area contributed by atoms with Crippen LogP contribution >= 0.6 is 0 Å². The van der Waals surface area contributed by atoms with Crippen LogP contribution in [0, 0.1) is 11.8 Å². The van der Waals surface area contributed by atoms with E-state index in [9.17, 15) is 9.59 Å². The number of fused-ring (bicyclic) bond motifs is 1. The quantitative estimate of drug-likeness (QED) is 0.902. The van der Waals surface area contributed by atoms with Crippen molar-refractivity contribution in [1.29, 1.82) is 0 Å². The highest BCUT2D eigenvalue weighted by atomic mass is 16.2. The van der Waals surface area contributed by atoms with Crippen LogP contribution in [-0.4, -0.2) is 33.6 Å². The average molecular weight is 318 g/mol. The molecule has 1 N–H and O–H groups in total. The Morgan fingerprint density at radius 3 is 2.96 bits per heavy atom. The van der Waals surface area contributed by atoms with Crippen molar-refractivity contribution in [2.75, 3.05) is 13.1 Å². The van der Waals surface area contributed by atoms with Crippen LogP contribution in [0.15, 0.2) is 11.1 Å². The minimum atomic E-state index is -0.0316. The van der Waals surface area contributed by atoms with E-state index in [1.807, 2.05) is 0 Å². The number of urea groups is 1. The Morgan fingerprint density at radius 2 is 2.17 bits per heavy atom. The summed E-state index contributed by atoms with van der Waals surface area (Å²) in [6, 6.07) is -0.0316. The molecule has 6 heteroatoms. The normalized spacial score (nSPS) is 24.2. The second kappa shape index (κ2) is 6.72. The second-order valence-corrected chi connectivity index (χ2v) is 6.97. The Morgan fingerprint density at radius 1 is 1.39 bits per heavy atom. The number of carbonyl (C=O) groups excluding carboxylic acids is 1. The Labute approximate surface area is 136 Å². The number of hydrogen-bond acceptors (Lipinski definition) is 3. The van der Waals surface area contributed by atoms with Gasteiger partial charge in [-0.25, -0.2) is 9.78 Å². The Balaban J connectivity index is 1.59. The van der Waals surface area contributed by atoms with Gasteiger partial charge in [0.05, 0.1) is 18.6 Å². The maximum Gasteiger partial charge on any atom is 0.317 e. The first kappa shape index (κ1) is 16.0. The summed E-state index contributed by atoms with van der Waals surface area (Å²) in [5, 5.41) is 3.09. The summed E-state index contributed by atoms with van der Waals surface area (Å²) in [4.78, 5) is 30.6. The van der Waals surface area contributed by atoms with Gasteiger partial charge in [-0.1, -0.05) is 26.2 Å². The minimum absolute atomic E-state index is 0.00564. The standard InChI is InChI=1S/C17H26N4O2/c1-12-5-3-4-6-13(12)9-18-17(23)21-8-7-14-15(10-21)19-11-20(2)16(14)22/h11-13H,3-10H2,1-2H3,(H,18,23)/t12-,13+/m1/s1. The SMILES string of the molecule is C[C@@H]1CCCC[C@H]1CNC(=O)N1CCc2c(ncn(C)c2=O)C1. The molecule has 2 heterocycles. The van der Waals surface area contributed by atoms with Crippen molar-refractivity contribution in [3.8, 4) is 0 Å². The molecule has 2 aliphatic rings. The molecule has 1 aromatic rings. The van der Waals surface area contributed by atoms with Gasteiger partial charge in [0.1, 0.15) is 0 Å². The maximum absolute atomic E-state index is 12.4. The smallest absolute Gasteiger partial charge is 0.317 e. The molecule has 0 unspecified atom stereocenters. The van der Waals surface area contributed by atoms with E-state index in [0.717, 1.165) is 17.8 Å². The fourth-order valence-corrected chi connectivity index (χ4v) is 3.72. The van der Waals surface area contributed by atoms with Gasteiger partial charge in [-0.2, -0.15) is 0 Å². The van der Waals surface area contributed by atoms with Crippen molar-refractivity contribution in [3.05, 3.63) is 27.9 Å². The van der Waals surface area contributed by atoms with E-state index in [2.05, 4.69) is 17.2 Å². The van der Waals surface area contributed by atoms with Crippen LogP contribution in [0.1, 0.15) is 43.9 Å². The van der Waals surface area contributed by atoms with Crippen molar-refractivity contribution in [3.63, 3.8) is 0 Å². The Bertz CT molecular complexity index is 640. The van der Waals surface area contributed by atoms with Crippen molar-refractivity contribution in [1.82, 2.24) is 19.8 Å². The molecular weight excluding hydrogens is 292 g/mol. The number of aryl methyl sites for hydroxylation is 1. The van der Waals surface area contributed by atoms with Crippen molar-refractivity contribution in [2.45, 2.75) is 45.6 Å². The first-order chi connectivity index (χ1) is 11.1. The number of carbonyl (C=O) groups is 1. The molecule has 6 nitrogen and oxygen atoms in total. The summed E-state index contributed by atoms with van der Waals surface area (Å²) in [5.74, 6) is 1.28. The third kappa shape index (κ3) is 3.41. The first-order valence-corrected chi connectivity index (χ1v) is 8.62. The number of nitrogens with one attached hydrogen (secondary N) is 1. The molecule has 1 fully saturated rings. The minimum Gasteiger partial charge on any atom is -0.338 e. The molecule has 1 aromatic heterocycles. The largest absolute Gasteiger partial charge is 0.338 e. The highest BCUT2D eigenvalue weighted by molar-refractivity contribution is 5.74. The van der Waals surface area contributed by atoms with Gasteiger partial charge in [0.2, 0.25) is 0 Å². The number of amides is 2. The summed E-state index contributed by atoms with van der Waals surface area (Å²) in [6.07, 6.45) is 7.19. The van der Waals surface area contributed by atoms with Gasteiger partial charge >= 0.3 is 6.03 Å². The van der Waals surface area contributed by atoms with E-state index < -0.39 is 0 Å². The van der Waals surface area contributed by atoms with Crippen LogP contribution in [0.5, 0.6) is 0 Å². The van der Waals surface area contributed by atoms with E-state index in [-0.39, 0.29) is 11.6 Å². The third-order valence-electron chi connectivity index (χ3n) is 5.38. The fourth-order valence-electron chi connectivity index (χ4n) is 3.72. The van der Waals surface area contributed by atoms with Gasteiger partial charge in [0.15, 0.2) is 0 Å². The maximum atomic E-state index is 12.4. The van der Waals surface area contributed by atoms with Crippen LogP contribution in [-0.2, 0) is 20.0 Å². The highest BCUT2D eigenvalue weighted by Crippen LogP contribution is 2.28. The van der Waals surface area contributed by atoms with E-state index in [4.69, 9.17) is 0 Å². The molecule has 0 radical (unpaired) electrons. The number of aromatic nitrogens is 2. The lowest BCUT2D eigenvalue weighted by Gasteiger charge is -2.31. The van der Waals surface area contributed by atoms with Crippen molar-refractivity contribution in [2.24, 2.45) is 18.9 Å². The molecule has 126 valence electrons. The van der Waals surface area contributed by atoms with Crippen LogP contribution < -0.4 is 10.9 Å². The molecule has 2 atom stereocenters. The molecule has 2 amide bonds. The number of hydrogen-bond donors (Lipinski definition) is 1. The van der Waals surface area contributed by atoms with Crippen LogP contribution in [0.4, 0.5) is 4.79 Å². The van der Waals surface area contributed by atoms with E-state index in [1.165, 1.54) is 36.6 Å². The fraction of sp³-hybridized carbons (Fsp3) is 0.706. The van der Waals surface area contributed by atoms with Gasteiger partial charge in [-0.15, -0.1) is 0 Å². The molecule has 0 saturated heterocycles. The third-order valence-corrected chi connectivity index (χ3v) is 5.38. The zero-order chi connectivity index (χ0) is 16.4. The lowest BCUT2D eigenvalue weighted by molar-refractivity contribution is 0.182. The topological polar surface area (TPSA) is 67.2 Å². The zero-order valence-electron chi connectivity index (χ0n) is 14.0. The molecule has 1 aliphatic carbocycles. The van der Waals surface area contributed by atoms with Crippen LogP contribution in [0.2, 0.25) is 0 Å². The summed E-state index contributed by atoms with van der Waals surface area (Å²) in [5.41, 5.74) is 1.49. The number of rotatable bonds is 2. The summed E-state index contributed by atoms with van der Waals surface area (Å²) in [6.45, 7) is 4.05. The molecule has 0 aromatic carbocycles. The second-order valence-electron chi connectivity index (χ2n) is 6.97. The van der Waals surface area contributed by atoms with Crippen LogP contribution in [0.25, 0.3) is 0 Å². The molecule has 23 heavy (non-hydrogen) atoms. The van der Waals surface area contributed by atoms with Gasteiger partial charge in [-0.05, 0) is 24.7 Å². The summed E-state index contributed by atoms with van der Waals surface area (Å²) < 4.78 is 1.50. The van der Waals surface area contributed by atoms with E-state index in [1.54, 1.807) is 11.9 Å². The molecule has 1 saturated carbocycles. The van der Waals surface area contributed by atoms with Gasteiger partial charge in [-0.3, -0.25) is 4.79 Å². The van der Waals surface area contributed by atoms with E-state index in [0.29, 0.717) is 31.3 Å². The van der Waals surface area contributed by atoms with Crippen molar-refractivity contribution >= 4 is 6.03 Å². The average Bonchev–Trinajstić information content (AvgIpc) is 2.57. The Hall–Kier alpha value is -1.85. The molecule has 0 spiro atoms. The van der Waals surface area contributed by atoms with Gasteiger partial charge in [0, 0.05) is 25.7 Å². The Kier molecular flexibility index (Phi) is 4.68.